The molecule has 0 bridgehead atoms. The number of allylic oxidation sites excluding steroid dienone is 3. The van der Waals surface area contributed by atoms with Gasteiger partial charge in [-0.2, -0.15) is 0 Å². The Morgan fingerprint density at radius 3 is 2.70 bits per heavy atom. The van der Waals surface area contributed by atoms with E-state index in [1.165, 1.54) is 12.1 Å². The van der Waals surface area contributed by atoms with Crippen molar-refractivity contribution in [1.82, 2.24) is 9.71 Å². The minimum Gasteiger partial charge on any atom is -0.345 e. The lowest BCUT2D eigenvalue weighted by atomic mass is 9.92. The maximum atomic E-state index is 13.2. The molecule has 156 valence electrons. The molecule has 0 saturated carbocycles. The van der Waals surface area contributed by atoms with Crippen molar-refractivity contribution < 1.29 is 12.8 Å². The highest BCUT2D eigenvalue weighted by molar-refractivity contribution is 7.89. The van der Waals surface area contributed by atoms with E-state index in [0.29, 0.717) is 11.4 Å². The van der Waals surface area contributed by atoms with Crippen molar-refractivity contribution in [2.75, 3.05) is 6.54 Å². The van der Waals surface area contributed by atoms with E-state index in [4.69, 9.17) is 11.6 Å². The smallest absolute Gasteiger partial charge is 0.256 e. The van der Waals surface area contributed by atoms with E-state index in [1.54, 1.807) is 36.4 Å². The molecule has 1 heterocycles. The van der Waals surface area contributed by atoms with Gasteiger partial charge in [0.25, 0.3) is 10.0 Å². The van der Waals surface area contributed by atoms with E-state index >= 15 is 0 Å². The van der Waals surface area contributed by atoms with Gasteiger partial charge in [-0.05, 0) is 61.7 Å². The van der Waals surface area contributed by atoms with Gasteiger partial charge in [0, 0.05) is 28.4 Å². The fraction of sp³-hybridized carbons (Fsp3) is 0.217. The normalized spacial score (nSPS) is 17.5. The lowest BCUT2D eigenvalue weighted by Crippen LogP contribution is -2.26. The van der Waals surface area contributed by atoms with Crippen LogP contribution < -0.4 is 4.72 Å². The second-order valence-corrected chi connectivity index (χ2v) is 9.74. The van der Waals surface area contributed by atoms with Crippen molar-refractivity contribution in [2.45, 2.75) is 30.7 Å². The Kier molecular flexibility index (Phi) is 5.82. The lowest BCUT2D eigenvalue weighted by Gasteiger charge is -2.14. The summed E-state index contributed by atoms with van der Waals surface area (Å²) < 4.78 is 41.5. The lowest BCUT2D eigenvalue weighted by molar-refractivity contribution is 0.581. The Morgan fingerprint density at radius 1 is 1.17 bits per heavy atom. The highest BCUT2D eigenvalue weighted by Gasteiger charge is 2.19. The summed E-state index contributed by atoms with van der Waals surface area (Å²) in [4.78, 5) is 2.94. The average Bonchev–Trinajstić information content (AvgIpc) is 3.05. The molecule has 0 amide bonds. The van der Waals surface area contributed by atoms with Crippen molar-refractivity contribution in [3.63, 3.8) is 0 Å². The van der Waals surface area contributed by atoms with Crippen LogP contribution in [-0.4, -0.2) is 19.9 Å². The number of hydrogen-bond donors (Lipinski definition) is 2. The third kappa shape index (κ3) is 4.51. The summed E-state index contributed by atoms with van der Waals surface area (Å²) in [6, 6.07) is 13.3. The first-order valence-corrected chi connectivity index (χ1v) is 11.6. The van der Waals surface area contributed by atoms with Crippen LogP contribution in [0, 0.1) is 5.82 Å². The van der Waals surface area contributed by atoms with Gasteiger partial charge in [0.2, 0.25) is 0 Å². The van der Waals surface area contributed by atoms with Crippen LogP contribution >= 0.6 is 11.6 Å². The molecule has 1 aliphatic carbocycles. The summed E-state index contributed by atoms with van der Waals surface area (Å²) in [5.74, 6) is -0.101. The molecular weight excluding hydrogens is 423 g/mol. The van der Waals surface area contributed by atoms with Crippen LogP contribution in [0.25, 0.3) is 10.9 Å². The van der Waals surface area contributed by atoms with Crippen LogP contribution in [0.3, 0.4) is 0 Å². The number of nitrogens with one attached hydrogen (secondary N) is 2. The van der Waals surface area contributed by atoms with Gasteiger partial charge < -0.3 is 4.98 Å². The molecule has 0 saturated heterocycles. The summed E-state index contributed by atoms with van der Waals surface area (Å²) in [7, 11) is -3.69. The second-order valence-electron chi connectivity index (χ2n) is 7.57. The minimum atomic E-state index is -3.69. The number of benzene rings is 2. The Labute approximate surface area is 180 Å². The zero-order valence-corrected chi connectivity index (χ0v) is 18.0. The number of sulfonamides is 1. The molecule has 4 nitrogen and oxygen atoms in total. The summed E-state index contributed by atoms with van der Waals surface area (Å²) in [5, 5.41) is 1.42. The Balaban J connectivity index is 1.49. The predicted octanol–water partition coefficient (Wildman–Crippen LogP) is 5.69. The maximum absolute atomic E-state index is 13.2. The molecule has 0 radical (unpaired) electrons. The van der Waals surface area contributed by atoms with Crippen LogP contribution in [0.15, 0.2) is 76.9 Å². The summed E-state index contributed by atoms with van der Waals surface area (Å²) in [6.45, 7) is 2.27. The largest absolute Gasteiger partial charge is 0.345 e. The van der Waals surface area contributed by atoms with Crippen LogP contribution in [0.4, 0.5) is 4.39 Å². The Morgan fingerprint density at radius 2 is 1.93 bits per heavy atom. The van der Waals surface area contributed by atoms with Gasteiger partial charge in [0.1, 0.15) is 10.8 Å². The zero-order valence-electron chi connectivity index (χ0n) is 16.5. The van der Waals surface area contributed by atoms with Gasteiger partial charge >= 0.3 is 0 Å². The highest BCUT2D eigenvalue weighted by Crippen LogP contribution is 2.31. The molecule has 0 spiro atoms. The molecule has 7 heteroatoms. The van der Waals surface area contributed by atoms with Crippen molar-refractivity contribution in [1.29, 1.82) is 0 Å². The highest BCUT2D eigenvalue weighted by atomic mass is 35.5. The summed E-state index contributed by atoms with van der Waals surface area (Å²) >= 11 is 5.99. The molecule has 30 heavy (non-hydrogen) atoms. The number of rotatable bonds is 5. The third-order valence-corrected chi connectivity index (χ3v) is 7.04. The van der Waals surface area contributed by atoms with Gasteiger partial charge in [-0.15, -0.1) is 0 Å². The number of H-pyrrole nitrogens is 1. The molecule has 0 fully saturated rings. The number of halogens is 2. The van der Waals surface area contributed by atoms with Crippen LogP contribution in [-0.2, 0) is 10.0 Å². The monoisotopic (exact) mass is 444 g/mol. The first-order valence-electron chi connectivity index (χ1n) is 9.69. The molecule has 1 unspecified atom stereocenters. The van der Waals surface area contributed by atoms with E-state index < -0.39 is 10.0 Å². The Hall–Kier alpha value is -2.41. The topological polar surface area (TPSA) is 62.0 Å². The average molecular weight is 445 g/mol. The number of fused-ring (bicyclic) bond motifs is 1. The van der Waals surface area contributed by atoms with Gasteiger partial charge in [0.15, 0.2) is 0 Å². The summed E-state index contributed by atoms with van der Waals surface area (Å²) in [6.07, 6.45) is 5.61. The molecular formula is C23H22ClFN2O2S. The van der Waals surface area contributed by atoms with Crippen molar-refractivity contribution >= 4 is 32.5 Å². The first-order chi connectivity index (χ1) is 14.3. The standard InChI is InChI=1S/C23H22ClFN2O2S/c1-15-11-17(16-5-8-21(25)9-6-16)3-2-4-18(15)14-26-30(28,29)23-13-19-12-20(24)7-10-22(19)27-23/h2-3,5-10,12-13,17,26-27H,4,11,14H2,1H3. The van der Waals surface area contributed by atoms with Crippen molar-refractivity contribution in [3.8, 4) is 0 Å². The van der Waals surface area contributed by atoms with Gasteiger partial charge in [0.05, 0.1) is 0 Å². The number of hydrogen-bond acceptors (Lipinski definition) is 2. The number of aromatic nitrogens is 1. The van der Waals surface area contributed by atoms with E-state index in [2.05, 4.69) is 21.9 Å². The third-order valence-electron chi connectivity index (χ3n) is 5.48. The van der Waals surface area contributed by atoms with Crippen LogP contribution in [0.1, 0.15) is 31.2 Å². The first kappa shape index (κ1) is 20.8. The second kappa shape index (κ2) is 8.38. The molecule has 2 N–H and O–H groups in total. The van der Waals surface area contributed by atoms with E-state index in [1.807, 2.05) is 6.92 Å². The maximum Gasteiger partial charge on any atom is 0.256 e. The SMILES string of the molecule is CC1=C(CNS(=O)(=O)c2cc3cc(Cl)ccc3[nH]2)CC=CC(c2ccc(F)cc2)C1. The Bertz CT molecular complexity index is 1240. The fourth-order valence-corrected chi connectivity index (χ4v) is 4.96. The fourth-order valence-electron chi connectivity index (χ4n) is 3.73. The van der Waals surface area contributed by atoms with Gasteiger partial charge in [-0.1, -0.05) is 47.0 Å². The predicted molar refractivity (Wildman–Crippen MR) is 119 cm³/mol. The van der Waals surface area contributed by atoms with Crippen LogP contribution in [0.5, 0.6) is 0 Å². The van der Waals surface area contributed by atoms with Gasteiger partial charge in [-0.25, -0.2) is 17.5 Å². The van der Waals surface area contributed by atoms with E-state index in [9.17, 15) is 12.8 Å². The van der Waals surface area contributed by atoms with Crippen molar-refractivity contribution in [3.05, 3.63) is 88.2 Å². The summed E-state index contributed by atoms with van der Waals surface area (Å²) in [5.41, 5.74) is 3.94. The van der Waals surface area contributed by atoms with Gasteiger partial charge in [-0.3, -0.25) is 0 Å². The number of aromatic amines is 1. The van der Waals surface area contributed by atoms with Crippen LogP contribution in [0.2, 0.25) is 5.02 Å². The van der Waals surface area contributed by atoms with E-state index in [-0.39, 0.29) is 23.3 Å². The van der Waals surface area contributed by atoms with E-state index in [0.717, 1.165) is 34.0 Å². The zero-order chi connectivity index (χ0) is 21.3. The molecule has 1 atom stereocenters. The molecule has 3 aromatic rings. The molecule has 0 aliphatic heterocycles. The molecule has 1 aromatic heterocycles. The molecule has 1 aliphatic rings. The van der Waals surface area contributed by atoms with Crippen molar-refractivity contribution in [2.24, 2.45) is 0 Å². The quantitative estimate of drug-likeness (QED) is 0.496. The molecule has 4 rings (SSSR count). The molecule has 2 aromatic carbocycles. The minimum absolute atomic E-state index is 0.117.